The second-order valence-electron chi connectivity index (χ2n) is 8.37. The largest absolute Gasteiger partial charge is 0.493 e. The monoisotopic (exact) mass is 460 g/mol. The molecule has 0 aromatic heterocycles. The van der Waals surface area contributed by atoms with E-state index < -0.39 is 6.67 Å². The minimum absolute atomic E-state index is 0. The highest BCUT2D eigenvalue weighted by atomic mass is 19.1. The van der Waals surface area contributed by atoms with Crippen molar-refractivity contribution in [3.63, 3.8) is 0 Å². The van der Waals surface area contributed by atoms with Crippen molar-refractivity contribution >= 4 is 11.9 Å². The van der Waals surface area contributed by atoms with Crippen LogP contribution >= 0.6 is 0 Å². The molecule has 0 spiro atoms. The number of ether oxygens (including phenoxy) is 3. The Morgan fingerprint density at radius 2 is 1.85 bits per heavy atom. The van der Waals surface area contributed by atoms with Crippen molar-refractivity contribution in [1.29, 1.82) is 0 Å². The number of carbonyl (C=O) groups excluding carboxylic acids is 2. The van der Waals surface area contributed by atoms with E-state index in [2.05, 4.69) is 0 Å². The second kappa shape index (κ2) is 10.8. The van der Waals surface area contributed by atoms with Crippen molar-refractivity contribution in [2.75, 3.05) is 40.7 Å². The third-order valence-corrected chi connectivity index (χ3v) is 6.29. The number of rotatable bonds is 6. The Morgan fingerprint density at radius 1 is 1.12 bits per heavy atom. The number of imide groups is 1. The highest BCUT2D eigenvalue weighted by molar-refractivity contribution is 6.04. The molecule has 3 aliphatic rings. The van der Waals surface area contributed by atoms with E-state index in [1.807, 2.05) is 12.1 Å². The summed E-state index contributed by atoms with van der Waals surface area (Å²) in [5.41, 5.74) is 1.72. The Morgan fingerprint density at radius 3 is 2.52 bits per heavy atom. The molecule has 180 valence electrons. The molecule has 1 aromatic rings. The van der Waals surface area contributed by atoms with Gasteiger partial charge in [-0.05, 0) is 54.5 Å². The number of methoxy groups -OCH3 is 2. The molecule has 2 heterocycles. The van der Waals surface area contributed by atoms with Crippen LogP contribution in [0.1, 0.15) is 32.3 Å². The first kappa shape index (κ1) is 24.8. The van der Waals surface area contributed by atoms with Crippen LogP contribution in [0.5, 0.6) is 11.5 Å². The Labute approximate surface area is 194 Å². The maximum atomic E-state index is 13.7. The van der Waals surface area contributed by atoms with E-state index >= 15 is 0 Å². The Balaban J connectivity index is 0.00000306. The van der Waals surface area contributed by atoms with Crippen molar-refractivity contribution in [2.45, 2.75) is 39.3 Å². The molecule has 2 saturated heterocycles. The molecule has 7 nitrogen and oxygen atoms in total. The lowest BCUT2D eigenvalue weighted by Gasteiger charge is -2.41. The molecule has 33 heavy (non-hydrogen) atoms. The zero-order chi connectivity index (χ0) is 22.7. The van der Waals surface area contributed by atoms with Gasteiger partial charge in [-0.1, -0.05) is 19.6 Å². The van der Waals surface area contributed by atoms with Gasteiger partial charge in [0, 0.05) is 31.4 Å². The summed E-state index contributed by atoms with van der Waals surface area (Å²) in [7, 11) is 3.09. The lowest BCUT2D eigenvalue weighted by Crippen LogP contribution is -2.54. The SMILES string of the molecule is C.COc1ccc(CN2C(=O)C3=CC(CF)=CC(C3)CN(C3CCOCC3)C2=O)cc1OC. The lowest BCUT2D eigenvalue weighted by molar-refractivity contribution is -0.126. The number of halogens is 1. The first-order chi connectivity index (χ1) is 15.5. The quantitative estimate of drug-likeness (QED) is 0.639. The average molecular weight is 461 g/mol. The third-order valence-electron chi connectivity index (χ3n) is 6.29. The Hall–Kier alpha value is -2.87. The van der Waals surface area contributed by atoms with Gasteiger partial charge in [0.2, 0.25) is 0 Å². The molecular weight excluding hydrogens is 427 g/mol. The predicted molar refractivity (Wildman–Crippen MR) is 123 cm³/mol. The Kier molecular flexibility index (Phi) is 8.13. The van der Waals surface area contributed by atoms with Gasteiger partial charge in [-0.15, -0.1) is 0 Å². The molecule has 2 bridgehead atoms. The van der Waals surface area contributed by atoms with E-state index in [1.165, 1.54) is 4.90 Å². The van der Waals surface area contributed by atoms with Gasteiger partial charge in [0.25, 0.3) is 5.91 Å². The topological polar surface area (TPSA) is 68.3 Å². The van der Waals surface area contributed by atoms with Crippen molar-refractivity contribution in [3.05, 3.63) is 47.1 Å². The summed E-state index contributed by atoms with van der Waals surface area (Å²) in [6.45, 7) is 1.08. The molecular formula is C25H33FN2O5. The Bertz CT molecular complexity index is 939. The van der Waals surface area contributed by atoms with E-state index in [0.717, 1.165) is 18.4 Å². The number of urea groups is 1. The molecule has 2 aliphatic heterocycles. The van der Waals surface area contributed by atoms with Crippen LogP contribution in [0.4, 0.5) is 9.18 Å². The van der Waals surface area contributed by atoms with Crippen LogP contribution < -0.4 is 9.47 Å². The summed E-state index contributed by atoms with van der Waals surface area (Å²) >= 11 is 0. The van der Waals surface area contributed by atoms with Crippen LogP contribution in [0.15, 0.2) is 41.5 Å². The van der Waals surface area contributed by atoms with Crippen molar-refractivity contribution in [1.82, 2.24) is 9.80 Å². The molecule has 1 aromatic carbocycles. The molecule has 3 amide bonds. The van der Waals surface area contributed by atoms with Gasteiger partial charge in [-0.3, -0.25) is 9.69 Å². The van der Waals surface area contributed by atoms with E-state index in [-0.39, 0.29) is 37.9 Å². The number of carbonyl (C=O) groups is 2. The highest BCUT2D eigenvalue weighted by Crippen LogP contribution is 2.33. The van der Waals surface area contributed by atoms with Crippen molar-refractivity contribution < 1.29 is 28.2 Å². The number of hydrogen-bond donors (Lipinski definition) is 0. The molecule has 1 atom stereocenters. The van der Waals surface area contributed by atoms with Gasteiger partial charge in [-0.2, -0.15) is 0 Å². The summed E-state index contributed by atoms with van der Waals surface area (Å²) in [6, 6.07) is 5.01. The summed E-state index contributed by atoms with van der Waals surface area (Å²) in [6.07, 6.45) is 5.40. The van der Waals surface area contributed by atoms with Gasteiger partial charge in [-0.25, -0.2) is 9.18 Å². The standard InChI is InChI=1S/C24H29FN2O5.CH4/c1-30-21-4-3-16(12-22(21)31-2)14-27-23(28)19-10-17(13-25)9-18(11-19)15-26(24(27)29)20-5-7-32-8-6-20;/h3-4,9-10,12,18,20H,5-8,11,13-15H2,1-2H3;1H4. The van der Waals surface area contributed by atoms with Crippen LogP contribution in [-0.4, -0.2) is 68.4 Å². The lowest BCUT2D eigenvalue weighted by atomic mass is 9.88. The molecule has 1 aliphatic carbocycles. The van der Waals surface area contributed by atoms with Gasteiger partial charge in [0.15, 0.2) is 11.5 Å². The summed E-state index contributed by atoms with van der Waals surface area (Å²) < 4.78 is 29.7. The zero-order valence-corrected chi connectivity index (χ0v) is 18.5. The highest BCUT2D eigenvalue weighted by Gasteiger charge is 2.38. The number of benzene rings is 1. The van der Waals surface area contributed by atoms with E-state index in [4.69, 9.17) is 14.2 Å². The smallest absolute Gasteiger partial charge is 0.327 e. The maximum absolute atomic E-state index is 13.7. The summed E-state index contributed by atoms with van der Waals surface area (Å²) in [5, 5.41) is 0. The van der Waals surface area contributed by atoms with Crippen LogP contribution in [0, 0.1) is 5.92 Å². The molecule has 0 radical (unpaired) electrons. The summed E-state index contributed by atoms with van der Waals surface area (Å²) in [4.78, 5) is 30.2. The molecule has 0 N–H and O–H groups in total. The van der Waals surface area contributed by atoms with Crippen LogP contribution in [0.2, 0.25) is 0 Å². The summed E-state index contributed by atoms with van der Waals surface area (Å²) in [5.74, 6) is 0.657. The minimum atomic E-state index is -0.631. The first-order valence-electron chi connectivity index (χ1n) is 10.9. The number of fused-ring (bicyclic) bond motifs is 2. The number of allylic oxidation sites excluding steroid dienone is 2. The fourth-order valence-corrected chi connectivity index (χ4v) is 4.67. The van der Waals surface area contributed by atoms with Gasteiger partial charge >= 0.3 is 6.03 Å². The maximum Gasteiger partial charge on any atom is 0.327 e. The van der Waals surface area contributed by atoms with Crippen LogP contribution in [0.25, 0.3) is 0 Å². The molecule has 1 unspecified atom stereocenters. The van der Waals surface area contributed by atoms with E-state index in [0.29, 0.717) is 48.8 Å². The number of hydrogen-bond acceptors (Lipinski definition) is 5. The van der Waals surface area contributed by atoms with E-state index in [1.54, 1.807) is 37.3 Å². The van der Waals surface area contributed by atoms with Crippen molar-refractivity contribution in [3.8, 4) is 11.5 Å². The zero-order valence-electron chi connectivity index (χ0n) is 18.5. The molecule has 0 saturated carbocycles. The van der Waals surface area contributed by atoms with Crippen LogP contribution in [0.3, 0.4) is 0 Å². The molecule has 4 rings (SSSR count). The van der Waals surface area contributed by atoms with Gasteiger partial charge < -0.3 is 19.1 Å². The fraction of sp³-hybridized carbons (Fsp3) is 0.520. The molecule has 8 heteroatoms. The fourth-order valence-electron chi connectivity index (χ4n) is 4.67. The average Bonchev–Trinajstić information content (AvgIpc) is 2.84. The molecule has 2 fully saturated rings. The predicted octanol–water partition coefficient (Wildman–Crippen LogP) is 4.13. The number of alkyl halides is 1. The number of nitrogens with zero attached hydrogens (tertiary/aromatic N) is 2. The normalized spacial score (nSPS) is 21.5. The minimum Gasteiger partial charge on any atom is -0.493 e. The van der Waals surface area contributed by atoms with Crippen molar-refractivity contribution in [2.24, 2.45) is 5.92 Å². The second-order valence-corrected chi connectivity index (χ2v) is 8.37. The first-order valence-corrected chi connectivity index (χ1v) is 10.9. The van der Waals surface area contributed by atoms with Gasteiger partial charge in [0.05, 0.1) is 20.8 Å². The van der Waals surface area contributed by atoms with Crippen LogP contribution in [-0.2, 0) is 16.1 Å². The number of amides is 3. The van der Waals surface area contributed by atoms with Gasteiger partial charge in [0.1, 0.15) is 6.67 Å². The third kappa shape index (κ3) is 5.21. The van der Waals surface area contributed by atoms with E-state index in [9.17, 15) is 14.0 Å².